The van der Waals surface area contributed by atoms with Crippen molar-refractivity contribution >= 4 is 11.6 Å². The summed E-state index contributed by atoms with van der Waals surface area (Å²) in [5.74, 6) is -12.7. The Kier molecular flexibility index (Phi) is 5.89. The highest BCUT2D eigenvalue weighted by Gasteiger charge is 2.62. The van der Waals surface area contributed by atoms with Gasteiger partial charge in [0.25, 0.3) is 12.3 Å². The van der Waals surface area contributed by atoms with E-state index in [0.717, 1.165) is 17.9 Å². The van der Waals surface area contributed by atoms with Gasteiger partial charge in [0.15, 0.2) is 11.6 Å². The predicted octanol–water partition coefficient (Wildman–Crippen LogP) is 4.87. The Labute approximate surface area is 176 Å². The summed E-state index contributed by atoms with van der Waals surface area (Å²) in [6.45, 7) is 0. The molecule has 0 saturated heterocycles. The Balaban J connectivity index is 2.20. The van der Waals surface area contributed by atoms with E-state index in [1.807, 2.05) is 0 Å². The van der Waals surface area contributed by atoms with Crippen LogP contribution in [0.5, 0.6) is 0 Å². The number of aryl methyl sites for hydroxylation is 1. The summed E-state index contributed by atoms with van der Waals surface area (Å²) in [6, 6.07) is -0.00315. The number of hydrogen-bond acceptors (Lipinski definition) is 3. The second kappa shape index (κ2) is 8.08. The lowest BCUT2D eigenvalue weighted by Crippen LogP contribution is -2.37. The van der Waals surface area contributed by atoms with Gasteiger partial charge in [-0.15, -0.1) is 0 Å². The zero-order chi connectivity index (χ0) is 24.9. The van der Waals surface area contributed by atoms with Gasteiger partial charge >= 0.3 is 12.1 Å². The standard InChI is InChI=1S/C17H9F10N5O/c1-31-5-7(11(30-31)14(21)22)15(33)29-10-4-28-32(13(10)16(23,24)17(25,26)27)12-8(19)2-6(18)3-9(12)20/h2-5,14H,1H3,(H,29,33). The SMILES string of the molecule is Cn1cc(C(=O)Nc2cnn(-c3c(F)cc(F)cc3F)c2C(F)(F)C(F)(F)F)c(C(F)F)n1. The van der Waals surface area contributed by atoms with Crippen LogP contribution in [0.4, 0.5) is 49.6 Å². The molecule has 0 saturated carbocycles. The van der Waals surface area contributed by atoms with Crippen molar-refractivity contribution < 1.29 is 48.7 Å². The van der Waals surface area contributed by atoms with E-state index < -0.39 is 74.9 Å². The zero-order valence-electron chi connectivity index (χ0n) is 15.9. The average molecular weight is 489 g/mol. The highest BCUT2D eigenvalue weighted by Crippen LogP contribution is 2.47. The molecule has 0 fully saturated rings. The van der Waals surface area contributed by atoms with Crippen molar-refractivity contribution in [3.8, 4) is 5.69 Å². The minimum atomic E-state index is -6.35. The molecule has 0 spiro atoms. The van der Waals surface area contributed by atoms with E-state index >= 15 is 0 Å². The number of nitrogens with one attached hydrogen (secondary N) is 1. The van der Waals surface area contributed by atoms with Gasteiger partial charge in [-0.25, -0.2) is 26.6 Å². The number of benzene rings is 1. The van der Waals surface area contributed by atoms with Gasteiger partial charge in [0.2, 0.25) is 0 Å². The van der Waals surface area contributed by atoms with Crippen LogP contribution in [0.1, 0.15) is 28.2 Å². The third-order valence-electron chi connectivity index (χ3n) is 4.17. The number of halogens is 10. The van der Waals surface area contributed by atoms with Crippen LogP contribution in [0.15, 0.2) is 24.5 Å². The molecule has 3 rings (SSSR count). The number of nitrogens with zero attached hydrogens (tertiary/aromatic N) is 4. The molecule has 0 radical (unpaired) electrons. The number of aromatic nitrogens is 4. The van der Waals surface area contributed by atoms with E-state index in [9.17, 15) is 48.7 Å². The van der Waals surface area contributed by atoms with E-state index in [4.69, 9.17) is 0 Å². The van der Waals surface area contributed by atoms with Crippen molar-refractivity contribution in [2.24, 2.45) is 7.05 Å². The molecule has 2 heterocycles. The van der Waals surface area contributed by atoms with Crippen molar-refractivity contribution in [1.82, 2.24) is 19.6 Å². The number of amides is 1. The Hall–Kier alpha value is -3.59. The third kappa shape index (κ3) is 4.23. The molecule has 0 atom stereocenters. The first-order chi connectivity index (χ1) is 15.1. The maximum absolute atomic E-state index is 14.3. The smallest absolute Gasteiger partial charge is 0.319 e. The average Bonchev–Trinajstić information content (AvgIpc) is 3.24. The summed E-state index contributed by atoms with van der Waals surface area (Å²) in [6.07, 6.45) is -8.73. The van der Waals surface area contributed by atoms with Crippen LogP contribution < -0.4 is 5.32 Å². The molecule has 1 amide bonds. The van der Waals surface area contributed by atoms with Gasteiger partial charge in [0.1, 0.15) is 22.9 Å². The minimum absolute atomic E-state index is 0.00158. The van der Waals surface area contributed by atoms with Gasteiger partial charge in [0, 0.05) is 25.4 Å². The zero-order valence-corrected chi connectivity index (χ0v) is 15.9. The lowest BCUT2D eigenvalue weighted by atomic mass is 10.1. The molecule has 2 aromatic heterocycles. The van der Waals surface area contributed by atoms with Crippen molar-refractivity contribution in [3.63, 3.8) is 0 Å². The number of rotatable bonds is 5. The first kappa shape index (κ1) is 24.1. The van der Waals surface area contributed by atoms with Gasteiger partial charge in [-0.1, -0.05) is 0 Å². The van der Waals surface area contributed by atoms with Crippen LogP contribution in [0.25, 0.3) is 5.69 Å². The Morgan fingerprint density at radius 1 is 1.06 bits per heavy atom. The van der Waals surface area contributed by atoms with Crippen LogP contribution in [0.2, 0.25) is 0 Å². The molecule has 178 valence electrons. The fourth-order valence-corrected chi connectivity index (χ4v) is 2.81. The fraction of sp³-hybridized carbons (Fsp3) is 0.235. The van der Waals surface area contributed by atoms with E-state index in [2.05, 4.69) is 10.2 Å². The minimum Gasteiger partial charge on any atom is -0.319 e. The van der Waals surface area contributed by atoms with E-state index in [-0.39, 0.29) is 18.3 Å². The summed E-state index contributed by atoms with van der Waals surface area (Å²) in [4.78, 5) is 12.3. The van der Waals surface area contributed by atoms with Crippen molar-refractivity contribution in [2.75, 3.05) is 5.32 Å². The van der Waals surface area contributed by atoms with Gasteiger partial charge < -0.3 is 5.32 Å². The summed E-state index contributed by atoms with van der Waals surface area (Å²) in [7, 11) is 1.13. The molecule has 0 aliphatic rings. The molecule has 0 aliphatic heterocycles. The fourth-order valence-electron chi connectivity index (χ4n) is 2.81. The topological polar surface area (TPSA) is 64.7 Å². The van der Waals surface area contributed by atoms with Crippen LogP contribution in [0, 0.1) is 17.5 Å². The van der Waals surface area contributed by atoms with Gasteiger partial charge in [-0.2, -0.15) is 32.1 Å². The monoisotopic (exact) mass is 489 g/mol. The molecule has 0 unspecified atom stereocenters. The Morgan fingerprint density at radius 3 is 2.15 bits per heavy atom. The second-order valence-electron chi connectivity index (χ2n) is 6.47. The number of anilines is 1. The highest BCUT2D eigenvalue weighted by molar-refractivity contribution is 6.05. The molecule has 0 bridgehead atoms. The maximum atomic E-state index is 14.3. The van der Waals surface area contributed by atoms with Crippen LogP contribution in [0.3, 0.4) is 0 Å². The predicted molar refractivity (Wildman–Crippen MR) is 89.5 cm³/mol. The van der Waals surface area contributed by atoms with Crippen molar-refractivity contribution in [2.45, 2.75) is 18.5 Å². The quantitative estimate of drug-likeness (QED) is 0.521. The van der Waals surface area contributed by atoms with Crippen LogP contribution >= 0.6 is 0 Å². The summed E-state index contributed by atoms with van der Waals surface area (Å²) >= 11 is 0. The molecule has 0 aliphatic carbocycles. The lowest BCUT2D eigenvalue weighted by molar-refractivity contribution is -0.291. The first-order valence-electron chi connectivity index (χ1n) is 8.46. The normalized spacial score (nSPS) is 12.5. The second-order valence-corrected chi connectivity index (χ2v) is 6.47. The Morgan fingerprint density at radius 2 is 1.64 bits per heavy atom. The van der Waals surface area contributed by atoms with Crippen LogP contribution in [-0.4, -0.2) is 31.6 Å². The lowest BCUT2D eigenvalue weighted by Gasteiger charge is -2.22. The summed E-state index contributed by atoms with van der Waals surface area (Å²) in [5, 5.41) is 7.91. The van der Waals surface area contributed by atoms with E-state index in [0.29, 0.717) is 0 Å². The molecular weight excluding hydrogens is 480 g/mol. The summed E-state index contributed by atoms with van der Waals surface area (Å²) in [5.41, 5.74) is -7.25. The number of alkyl halides is 7. The molecule has 6 nitrogen and oxygen atoms in total. The molecule has 1 N–H and O–H groups in total. The number of hydrogen-bond donors (Lipinski definition) is 1. The van der Waals surface area contributed by atoms with Crippen LogP contribution in [-0.2, 0) is 13.0 Å². The largest absolute Gasteiger partial charge is 0.459 e. The highest BCUT2D eigenvalue weighted by atomic mass is 19.4. The third-order valence-corrected chi connectivity index (χ3v) is 4.17. The summed E-state index contributed by atoms with van der Waals surface area (Å²) < 4.78 is 136. The van der Waals surface area contributed by atoms with E-state index in [1.54, 1.807) is 5.32 Å². The maximum Gasteiger partial charge on any atom is 0.459 e. The van der Waals surface area contributed by atoms with Gasteiger partial charge in [0.05, 0.1) is 17.4 Å². The molecule has 3 aromatic rings. The Bertz CT molecular complexity index is 1190. The number of carbonyl (C=O) groups excluding carboxylic acids is 1. The number of carbonyl (C=O) groups is 1. The molecule has 33 heavy (non-hydrogen) atoms. The molecule has 16 heteroatoms. The first-order valence-corrected chi connectivity index (χ1v) is 8.46. The molecular formula is C17H9F10N5O. The van der Waals surface area contributed by atoms with E-state index in [1.165, 1.54) is 0 Å². The van der Waals surface area contributed by atoms with Gasteiger partial charge in [-0.05, 0) is 0 Å². The van der Waals surface area contributed by atoms with Crippen molar-refractivity contribution in [3.05, 3.63) is 58.9 Å². The molecule has 1 aromatic carbocycles. The van der Waals surface area contributed by atoms with Gasteiger partial charge in [-0.3, -0.25) is 9.48 Å². The van der Waals surface area contributed by atoms with Crippen molar-refractivity contribution in [1.29, 1.82) is 0 Å².